The molecule has 12 heteroatoms. The third-order valence-corrected chi connectivity index (χ3v) is 9.80. The Labute approximate surface area is 249 Å². The van der Waals surface area contributed by atoms with Crippen LogP contribution in [0.5, 0.6) is 0 Å². The number of halogens is 6. The Morgan fingerprint density at radius 1 is 0.907 bits per heavy atom. The molecule has 1 amide bonds. The van der Waals surface area contributed by atoms with Crippen molar-refractivity contribution in [2.75, 3.05) is 13.1 Å². The predicted octanol–water partition coefficient (Wildman–Crippen LogP) is 8.11. The average molecular weight is 627 g/mol. The number of fused-ring (bicyclic) bond motifs is 1. The first-order valence-electron chi connectivity index (χ1n) is 14.0. The minimum atomic E-state index is -4.88. The standard InChI is InChI=1S/C31H32F6N2O3S/c1-16-17(2)19(4)24-14-42-29(41-13-23(24)18(16)3)26-15-43-28(38-26)20-7-9-39(10-8-20)27(40)12-21-11-22(30(32,33)34)5-6-25(21)31(35,36)37/h5-6,11,15,20,29H,7-10,12-14H2,1-4H3. The van der Waals surface area contributed by atoms with Crippen molar-refractivity contribution < 1.29 is 40.6 Å². The number of amides is 1. The van der Waals surface area contributed by atoms with E-state index >= 15 is 0 Å². The van der Waals surface area contributed by atoms with Gasteiger partial charge in [0.25, 0.3) is 0 Å². The van der Waals surface area contributed by atoms with Crippen LogP contribution in [0.4, 0.5) is 26.3 Å². The van der Waals surface area contributed by atoms with E-state index in [2.05, 4.69) is 27.7 Å². The van der Waals surface area contributed by atoms with E-state index in [9.17, 15) is 31.1 Å². The van der Waals surface area contributed by atoms with Crippen LogP contribution in [0.15, 0.2) is 23.6 Å². The fraction of sp³-hybridized carbons (Fsp3) is 0.484. The van der Waals surface area contributed by atoms with Crippen LogP contribution in [0.1, 0.15) is 85.8 Å². The maximum Gasteiger partial charge on any atom is 0.416 e. The second-order valence-electron chi connectivity index (χ2n) is 11.2. The first-order valence-corrected chi connectivity index (χ1v) is 14.8. The molecule has 2 aliphatic heterocycles. The summed E-state index contributed by atoms with van der Waals surface area (Å²) in [5.41, 5.74) is 4.70. The van der Waals surface area contributed by atoms with Gasteiger partial charge in [-0.3, -0.25) is 4.79 Å². The lowest BCUT2D eigenvalue weighted by molar-refractivity contribution is -0.155. The zero-order chi connectivity index (χ0) is 31.3. The molecule has 0 spiro atoms. The molecule has 1 fully saturated rings. The average Bonchev–Trinajstić information content (AvgIpc) is 3.34. The minimum Gasteiger partial charge on any atom is -0.342 e. The number of carbonyl (C=O) groups excluding carboxylic acids is 1. The second-order valence-corrected chi connectivity index (χ2v) is 12.1. The number of benzene rings is 2. The van der Waals surface area contributed by atoms with Crippen LogP contribution in [0.2, 0.25) is 0 Å². The number of nitrogens with zero attached hydrogens (tertiary/aromatic N) is 2. The Balaban J connectivity index is 1.22. The Kier molecular flexibility index (Phi) is 8.67. The molecule has 0 saturated carbocycles. The number of aromatic nitrogens is 1. The first kappa shape index (κ1) is 31.5. The van der Waals surface area contributed by atoms with Crippen molar-refractivity contribution in [3.05, 3.63) is 84.4 Å². The summed E-state index contributed by atoms with van der Waals surface area (Å²) in [7, 11) is 0. The molecule has 5 nitrogen and oxygen atoms in total. The molecule has 0 N–H and O–H groups in total. The number of ether oxygens (including phenoxy) is 2. The van der Waals surface area contributed by atoms with Gasteiger partial charge in [0.05, 0.1) is 35.8 Å². The van der Waals surface area contributed by atoms with Gasteiger partial charge >= 0.3 is 12.4 Å². The number of carbonyl (C=O) groups is 1. The maximum absolute atomic E-state index is 13.5. The fourth-order valence-corrected chi connectivity index (χ4v) is 6.83. The molecular weight excluding hydrogens is 594 g/mol. The minimum absolute atomic E-state index is 0.0276. The summed E-state index contributed by atoms with van der Waals surface area (Å²) >= 11 is 1.47. The lowest BCUT2D eigenvalue weighted by atomic mass is 9.89. The Hall–Kier alpha value is -2.96. The molecule has 0 radical (unpaired) electrons. The second kappa shape index (κ2) is 11.9. The van der Waals surface area contributed by atoms with Crippen molar-refractivity contribution >= 4 is 17.2 Å². The molecule has 0 unspecified atom stereocenters. The van der Waals surface area contributed by atoms with Crippen molar-refractivity contribution in [2.45, 2.75) is 84.7 Å². The van der Waals surface area contributed by atoms with Crippen molar-refractivity contribution in [1.82, 2.24) is 9.88 Å². The summed E-state index contributed by atoms with van der Waals surface area (Å²) in [6.45, 7) is 9.75. The molecule has 0 atom stereocenters. The fourth-order valence-electron chi connectivity index (χ4n) is 5.84. The summed E-state index contributed by atoms with van der Waals surface area (Å²) in [4.78, 5) is 19.1. The van der Waals surface area contributed by atoms with Crippen molar-refractivity contribution in [3.8, 4) is 0 Å². The van der Waals surface area contributed by atoms with Crippen LogP contribution in [-0.2, 0) is 46.3 Å². The van der Waals surface area contributed by atoms with E-state index in [4.69, 9.17) is 14.5 Å². The lowest BCUT2D eigenvalue weighted by Gasteiger charge is -2.31. The van der Waals surface area contributed by atoms with E-state index in [-0.39, 0.29) is 19.0 Å². The molecular formula is C31H32F6N2O3S. The zero-order valence-corrected chi connectivity index (χ0v) is 25.0. The van der Waals surface area contributed by atoms with Gasteiger partial charge in [-0.1, -0.05) is 0 Å². The summed E-state index contributed by atoms with van der Waals surface area (Å²) in [5.74, 6) is -0.612. The van der Waals surface area contributed by atoms with E-state index in [0.29, 0.717) is 49.9 Å². The number of likely N-dealkylation sites (tertiary alicyclic amines) is 1. The molecule has 0 aliphatic carbocycles. The lowest BCUT2D eigenvalue weighted by Crippen LogP contribution is -2.39. The molecule has 1 aromatic heterocycles. The third kappa shape index (κ3) is 6.46. The number of hydrogen-bond donors (Lipinski definition) is 0. The van der Waals surface area contributed by atoms with Crippen LogP contribution in [0, 0.1) is 27.7 Å². The highest BCUT2D eigenvalue weighted by Gasteiger charge is 2.38. The van der Waals surface area contributed by atoms with E-state index in [0.717, 1.165) is 16.1 Å². The number of rotatable bonds is 4. The summed E-state index contributed by atoms with van der Waals surface area (Å²) in [6, 6.07) is 1.20. The highest BCUT2D eigenvalue weighted by Crippen LogP contribution is 2.39. The Morgan fingerprint density at radius 2 is 1.49 bits per heavy atom. The van der Waals surface area contributed by atoms with Crippen molar-refractivity contribution in [1.29, 1.82) is 0 Å². The van der Waals surface area contributed by atoms with Gasteiger partial charge in [-0.15, -0.1) is 11.3 Å². The Bertz CT molecular complexity index is 1480. The maximum atomic E-state index is 13.5. The van der Waals surface area contributed by atoms with Crippen LogP contribution >= 0.6 is 11.3 Å². The first-order chi connectivity index (χ1) is 20.1. The van der Waals surface area contributed by atoms with Gasteiger partial charge < -0.3 is 14.4 Å². The van der Waals surface area contributed by atoms with Gasteiger partial charge in [0.15, 0.2) is 0 Å². The third-order valence-electron chi connectivity index (χ3n) is 8.77. The molecule has 2 aliphatic rings. The molecule has 3 aromatic rings. The molecule has 1 saturated heterocycles. The SMILES string of the molecule is Cc1c(C)c(C)c2c(c1C)COC(c1csc(C3CCN(C(=O)Cc4cc(C(F)(F)F)ccc4C(F)(F)F)CC3)n1)OC2. The van der Waals surface area contributed by atoms with Gasteiger partial charge in [0.1, 0.15) is 5.69 Å². The van der Waals surface area contributed by atoms with Crippen LogP contribution < -0.4 is 0 Å². The van der Waals surface area contributed by atoms with Crippen molar-refractivity contribution in [3.63, 3.8) is 0 Å². The molecule has 43 heavy (non-hydrogen) atoms. The zero-order valence-electron chi connectivity index (χ0n) is 24.2. The highest BCUT2D eigenvalue weighted by molar-refractivity contribution is 7.09. The van der Waals surface area contributed by atoms with Gasteiger partial charge in [-0.2, -0.15) is 26.3 Å². The van der Waals surface area contributed by atoms with Gasteiger partial charge in [-0.05, 0) is 97.7 Å². The van der Waals surface area contributed by atoms with Gasteiger partial charge in [0, 0.05) is 24.4 Å². The smallest absolute Gasteiger partial charge is 0.342 e. The van der Waals surface area contributed by atoms with Crippen LogP contribution in [0.3, 0.4) is 0 Å². The topological polar surface area (TPSA) is 51.7 Å². The predicted molar refractivity (Wildman–Crippen MR) is 149 cm³/mol. The summed E-state index contributed by atoms with van der Waals surface area (Å²) in [6.07, 6.45) is -10.0. The van der Waals surface area contributed by atoms with E-state index < -0.39 is 47.7 Å². The van der Waals surface area contributed by atoms with Crippen LogP contribution in [-0.4, -0.2) is 28.9 Å². The Morgan fingerprint density at radius 3 is 2.02 bits per heavy atom. The normalized spacial score (nSPS) is 17.2. The monoisotopic (exact) mass is 626 g/mol. The number of hydrogen-bond acceptors (Lipinski definition) is 5. The molecule has 2 aromatic carbocycles. The molecule has 5 rings (SSSR count). The van der Waals surface area contributed by atoms with Gasteiger partial charge in [0.2, 0.25) is 12.2 Å². The largest absolute Gasteiger partial charge is 0.416 e. The highest BCUT2D eigenvalue weighted by atomic mass is 32.1. The van der Waals surface area contributed by atoms with Crippen LogP contribution in [0.25, 0.3) is 0 Å². The van der Waals surface area contributed by atoms with Crippen molar-refractivity contribution in [2.24, 2.45) is 0 Å². The van der Waals surface area contributed by atoms with E-state index in [1.54, 1.807) is 0 Å². The quantitative estimate of drug-likeness (QED) is 0.275. The summed E-state index contributed by atoms with van der Waals surface area (Å²) < 4.78 is 92.2. The number of alkyl halides is 6. The number of thiazole rings is 1. The van der Waals surface area contributed by atoms with Gasteiger partial charge in [-0.25, -0.2) is 4.98 Å². The van der Waals surface area contributed by atoms with E-state index in [1.807, 2.05) is 5.38 Å². The molecule has 3 heterocycles. The molecule has 232 valence electrons. The summed E-state index contributed by atoms with van der Waals surface area (Å²) in [5, 5.41) is 2.75. The van der Waals surface area contributed by atoms with E-state index in [1.165, 1.54) is 38.5 Å². The molecule has 0 bridgehead atoms. The number of piperidine rings is 1.